The third-order valence-electron chi connectivity index (χ3n) is 10.2. The van der Waals surface area contributed by atoms with Crippen molar-refractivity contribution in [3.05, 3.63) is 54.6 Å². The number of amides is 2. The third-order valence-corrected chi connectivity index (χ3v) is 10.2. The predicted octanol–water partition coefficient (Wildman–Crippen LogP) is 3.87. The van der Waals surface area contributed by atoms with Crippen molar-refractivity contribution in [1.82, 2.24) is 24.7 Å². The fourth-order valence-electron chi connectivity index (χ4n) is 7.58. The average Bonchev–Trinajstić information content (AvgIpc) is 3.20. The molecule has 204 valence electrons. The number of carbonyl (C=O) groups is 1. The summed E-state index contributed by atoms with van der Waals surface area (Å²) in [5.74, 6) is 0. The molecule has 38 heavy (non-hydrogen) atoms. The van der Waals surface area contributed by atoms with Gasteiger partial charge in [0.2, 0.25) is 0 Å². The molecule has 1 aromatic carbocycles. The minimum atomic E-state index is -0.717. The van der Waals surface area contributed by atoms with Crippen molar-refractivity contribution in [3.8, 4) is 0 Å². The largest absolute Gasteiger partial charge is 0.388 e. The lowest BCUT2D eigenvalue weighted by Crippen LogP contribution is -2.59. The lowest BCUT2D eigenvalue weighted by atomic mass is 9.67. The van der Waals surface area contributed by atoms with E-state index in [2.05, 4.69) is 74.0 Å². The van der Waals surface area contributed by atoms with Crippen LogP contribution in [0.4, 0.5) is 10.5 Å². The molecule has 0 radical (unpaired) electrons. The number of hydrogen-bond acceptors (Lipinski definition) is 6. The highest BCUT2D eigenvalue weighted by molar-refractivity contribution is 5.79. The first-order valence-electron chi connectivity index (χ1n) is 14.4. The Labute approximate surface area is 226 Å². The van der Waals surface area contributed by atoms with Gasteiger partial charge in [-0.3, -0.25) is 4.90 Å². The molecule has 6 rings (SSSR count). The zero-order chi connectivity index (χ0) is 26.4. The Bertz CT molecular complexity index is 1110. The summed E-state index contributed by atoms with van der Waals surface area (Å²) >= 11 is 0. The number of β-amino-alcohol motifs (C(OH)–C–C–N with tert-alkyl or cyclic N) is 1. The number of hydrogen-bond donors (Lipinski definition) is 1. The number of carbonyl (C=O) groups excluding carboxylic acids is 1. The van der Waals surface area contributed by atoms with E-state index < -0.39 is 5.60 Å². The number of aromatic nitrogens is 2. The molecule has 0 unspecified atom stereocenters. The summed E-state index contributed by atoms with van der Waals surface area (Å²) in [6.45, 7) is 3.05. The highest BCUT2D eigenvalue weighted by Gasteiger charge is 2.57. The Morgan fingerprint density at radius 2 is 1.63 bits per heavy atom. The molecule has 2 saturated carbocycles. The van der Waals surface area contributed by atoms with Gasteiger partial charge in [0.15, 0.2) is 0 Å². The van der Waals surface area contributed by atoms with Crippen molar-refractivity contribution in [2.75, 3.05) is 45.2 Å². The van der Waals surface area contributed by atoms with Crippen molar-refractivity contribution < 1.29 is 9.90 Å². The molecule has 1 N–H and O–H groups in total. The Balaban J connectivity index is 1.22. The van der Waals surface area contributed by atoms with E-state index in [4.69, 9.17) is 0 Å². The number of benzene rings is 1. The molecular weight excluding hydrogens is 476 g/mol. The van der Waals surface area contributed by atoms with Gasteiger partial charge in [0.05, 0.1) is 35.8 Å². The number of anilines is 1. The first-order chi connectivity index (χ1) is 18.3. The highest BCUT2D eigenvalue weighted by atomic mass is 16.3. The van der Waals surface area contributed by atoms with E-state index in [0.29, 0.717) is 6.54 Å². The second-order valence-electron chi connectivity index (χ2n) is 12.4. The van der Waals surface area contributed by atoms with Crippen molar-refractivity contribution in [3.63, 3.8) is 0 Å². The maximum Gasteiger partial charge on any atom is 0.320 e. The minimum absolute atomic E-state index is 0.0227. The molecule has 4 fully saturated rings. The topological polar surface area (TPSA) is 76.0 Å². The van der Waals surface area contributed by atoms with Gasteiger partial charge in [-0.05, 0) is 77.4 Å². The zero-order valence-electron chi connectivity index (χ0n) is 22.9. The predicted molar refractivity (Wildman–Crippen MR) is 148 cm³/mol. The summed E-state index contributed by atoms with van der Waals surface area (Å²) in [4.78, 5) is 31.5. The SMILES string of the molecule is CN(C)[C@]1(c2ccccc2)CC[C@@]2(CC1)CN(C1CCN(c3cncnc3)CC1)C(=O)N2CC1(O)CCC1. The fourth-order valence-corrected chi connectivity index (χ4v) is 7.58. The number of rotatable bonds is 6. The van der Waals surface area contributed by atoms with Gasteiger partial charge in [-0.1, -0.05) is 30.3 Å². The molecule has 2 aliphatic carbocycles. The van der Waals surface area contributed by atoms with E-state index in [9.17, 15) is 9.90 Å². The molecule has 0 bridgehead atoms. The van der Waals surface area contributed by atoms with Gasteiger partial charge >= 0.3 is 6.03 Å². The van der Waals surface area contributed by atoms with E-state index >= 15 is 0 Å². The standard InChI is InChI=1S/C30H42N6O2/c1-33(2)30(24-7-4-3-5-8-24)15-13-28(14-16-30)21-35(27(37)36(28)22-29(38)11-6-12-29)25-9-17-34(18-10-25)26-19-31-23-32-20-26/h3-5,7-8,19-20,23,25,38H,6,9-18,21-22H2,1-2H3/t28-,30-. The molecule has 1 aromatic heterocycles. The molecule has 8 nitrogen and oxygen atoms in total. The number of aliphatic hydroxyl groups is 1. The summed E-state index contributed by atoms with van der Waals surface area (Å²) < 4.78 is 0. The Morgan fingerprint density at radius 3 is 2.21 bits per heavy atom. The quantitative estimate of drug-likeness (QED) is 0.626. The molecule has 2 aliphatic heterocycles. The number of nitrogens with zero attached hydrogens (tertiary/aromatic N) is 6. The second-order valence-corrected chi connectivity index (χ2v) is 12.4. The van der Waals surface area contributed by atoms with Gasteiger partial charge in [-0.15, -0.1) is 0 Å². The molecule has 3 heterocycles. The monoisotopic (exact) mass is 518 g/mol. The molecular formula is C30H42N6O2. The third kappa shape index (κ3) is 4.35. The first-order valence-corrected chi connectivity index (χ1v) is 14.4. The van der Waals surface area contributed by atoms with Crippen LogP contribution >= 0.6 is 0 Å². The van der Waals surface area contributed by atoms with Crippen LogP contribution in [-0.2, 0) is 5.54 Å². The van der Waals surface area contributed by atoms with Crippen LogP contribution in [0.3, 0.4) is 0 Å². The van der Waals surface area contributed by atoms with E-state index in [1.54, 1.807) is 6.33 Å². The Kier molecular flexibility index (Phi) is 6.59. The van der Waals surface area contributed by atoms with Crippen LogP contribution in [0.25, 0.3) is 0 Å². The molecule has 0 atom stereocenters. The molecule has 2 aromatic rings. The summed E-state index contributed by atoms with van der Waals surface area (Å²) in [5, 5.41) is 11.2. The van der Waals surface area contributed by atoms with Crippen LogP contribution in [0, 0.1) is 0 Å². The first kappa shape index (κ1) is 25.6. The van der Waals surface area contributed by atoms with E-state index in [1.165, 1.54) is 5.56 Å². The van der Waals surface area contributed by atoms with Crippen LogP contribution in [0.1, 0.15) is 63.4 Å². The molecule has 4 aliphatic rings. The van der Waals surface area contributed by atoms with Crippen LogP contribution in [-0.4, -0.2) is 93.3 Å². The number of piperidine rings is 1. The maximum absolute atomic E-state index is 14.1. The number of urea groups is 1. The molecule has 8 heteroatoms. The average molecular weight is 519 g/mol. The Morgan fingerprint density at radius 1 is 0.974 bits per heavy atom. The Hall–Kier alpha value is -2.71. The van der Waals surface area contributed by atoms with Gasteiger partial charge < -0.3 is 19.8 Å². The van der Waals surface area contributed by atoms with Crippen LogP contribution < -0.4 is 4.90 Å². The summed E-state index contributed by atoms with van der Waals surface area (Å²) in [6.07, 6.45) is 13.8. The van der Waals surface area contributed by atoms with E-state index in [1.807, 2.05) is 12.4 Å². The summed E-state index contributed by atoms with van der Waals surface area (Å²) in [5.41, 5.74) is 1.47. The van der Waals surface area contributed by atoms with Gasteiger partial charge in [0, 0.05) is 31.2 Å². The van der Waals surface area contributed by atoms with Gasteiger partial charge in [-0.2, -0.15) is 0 Å². The highest BCUT2D eigenvalue weighted by Crippen LogP contribution is 2.50. The van der Waals surface area contributed by atoms with Crippen molar-refractivity contribution in [1.29, 1.82) is 0 Å². The molecule has 2 saturated heterocycles. The normalized spacial score (nSPS) is 29.8. The smallest absolute Gasteiger partial charge is 0.320 e. The fraction of sp³-hybridized carbons (Fsp3) is 0.633. The van der Waals surface area contributed by atoms with Crippen LogP contribution in [0.5, 0.6) is 0 Å². The molecule has 1 spiro atoms. The van der Waals surface area contributed by atoms with Crippen LogP contribution in [0.15, 0.2) is 49.1 Å². The lowest BCUT2D eigenvalue weighted by Gasteiger charge is -2.52. The lowest BCUT2D eigenvalue weighted by molar-refractivity contribution is -0.0725. The summed E-state index contributed by atoms with van der Waals surface area (Å²) in [6, 6.07) is 11.2. The van der Waals surface area contributed by atoms with E-state index in [-0.39, 0.29) is 23.2 Å². The summed E-state index contributed by atoms with van der Waals surface area (Å²) in [7, 11) is 4.38. The maximum atomic E-state index is 14.1. The van der Waals surface area contributed by atoms with Gasteiger partial charge in [0.25, 0.3) is 0 Å². The minimum Gasteiger partial charge on any atom is -0.388 e. The van der Waals surface area contributed by atoms with Crippen molar-refractivity contribution >= 4 is 11.7 Å². The van der Waals surface area contributed by atoms with Crippen LogP contribution in [0.2, 0.25) is 0 Å². The van der Waals surface area contributed by atoms with Gasteiger partial charge in [-0.25, -0.2) is 14.8 Å². The molecule has 2 amide bonds. The zero-order valence-corrected chi connectivity index (χ0v) is 22.9. The second kappa shape index (κ2) is 9.79. The van der Waals surface area contributed by atoms with E-state index in [0.717, 1.165) is 83.1 Å². The van der Waals surface area contributed by atoms with Crippen molar-refractivity contribution in [2.45, 2.75) is 80.5 Å². The van der Waals surface area contributed by atoms with Gasteiger partial charge in [0.1, 0.15) is 6.33 Å². The van der Waals surface area contributed by atoms with Crippen molar-refractivity contribution in [2.24, 2.45) is 0 Å².